The van der Waals surface area contributed by atoms with Gasteiger partial charge in [-0.25, -0.2) is 0 Å². The highest BCUT2D eigenvalue weighted by Gasteiger charge is 2.23. The summed E-state index contributed by atoms with van der Waals surface area (Å²) < 4.78 is 5.83. The second-order valence-corrected chi connectivity index (χ2v) is 17.4. The zero-order valence-corrected chi connectivity index (χ0v) is 41.4. The highest BCUT2D eigenvalue weighted by atomic mass is 16.5. The van der Waals surface area contributed by atoms with Crippen LogP contribution in [0.15, 0.2) is 109 Å². The summed E-state index contributed by atoms with van der Waals surface area (Å²) in [7, 11) is 0. The number of unbranched alkanes of at least 4 members (excludes halogenated alkanes) is 23. The third kappa shape index (κ3) is 45.1. The van der Waals surface area contributed by atoms with Gasteiger partial charge < -0.3 is 20.3 Å². The molecule has 0 aromatic rings. The number of aliphatic hydroxyl groups is 2. The lowest BCUT2D eigenvalue weighted by Gasteiger charge is -2.24. The van der Waals surface area contributed by atoms with Crippen LogP contribution in [0.2, 0.25) is 0 Å². The molecule has 3 unspecified atom stereocenters. The van der Waals surface area contributed by atoms with Crippen LogP contribution in [0.25, 0.3) is 0 Å². The monoisotopic (exact) mass is 888 g/mol. The van der Waals surface area contributed by atoms with Crippen LogP contribution in [0.1, 0.15) is 220 Å². The molecule has 1 amide bonds. The second-order valence-electron chi connectivity index (χ2n) is 17.4. The van der Waals surface area contributed by atoms with Gasteiger partial charge in [0, 0.05) is 12.8 Å². The average Bonchev–Trinajstić information content (AvgIpc) is 3.29. The van der Waals surface area contributed by atoms with Crippen molar-refractivity contribution in [2.75, 3.05) is 6.61 Å². The van der Waals surface area contributed by atoms with E-state index in [1.54, 1.807) is 0 Å². The first-order valence-electron chi connectivity index (χ1n) is 26.2. The molecule has 0 rings (SSSR count). The topological polar surface area (TPSA) is 95.9 Å². The van der Waals surface area contributed by atoms with Gasteiger partial charge in [0.05, 0.1) is 25.2 Å². The molecule has 0 bridgehead atoms. The summed E-state index contributed by atoms with van der Waals surface area (Å²) in [6, 6.07) is -0.751. The zero-order chi connectivity index (χ0) is 46.7. The normalized spacial score (nSPS) is 14.1. The van der Waals surface area contributed by atoms with E-state index in [-0.39, 0.29) is 24.9 Å². The fraction of sp³-hybridized carbons (Fsp3) is 0.655. The number of aliphatic hydroxyl groups excluding tert-OH is 2. The van der Waals surface area contributed by atoms with Crippen LogP contribution in [0.3, 0.4) is 0 Å². The molecule has 0 aromatic carbocycles. The molecule has 0 spiro atoms. The van der Waals surface area contributed by atoms with E-state index < -0.39 is 18.2 Å². The molecule has 364 valence electrons. The third-order valence-electron chi connectivity index (χ3n) is 11.3. The van der Waals surface area contributed by atoms with Crippen molar-refractivity contribution in [2.45, 2.75) is 238 Å². The van der Waals surface area contributed by atoms with E-state index in [1.807, 2.05) is 54.7 Å². The van der Waals surface area contributed by atoms with Crippen LogP contribution in [0.4, 0.5) is 0 Å². The fourth-order valence-electron chi connectivity index (χ4n) is 7.35. The van der Waals surface area contributed by atoms with Crippen LogP contribution >= 0.6 is 0 Å². The van der Waals surface area contributed by atoms with Gasteiger partial charge in [-0.15, -0.1) is 0 Å². The maximum Gasteiger partial charge on any atom is 0.306 e. The maximum atomic E-state index is 13.2. The van der Waals surface area contributed by atoms with Crippen molar-refractivity contribution in [2.24, 2.45) is 0 Å². The van der Waals surface area contributed by atoms with Gasteiger partial charge in [0.1, 0.15) is 6.10 Å². The van der Waals surface area contributed by atoms with Gasteiger partial charge in [-0.1, -0.05) is 265 Å². The fourth-order valence-corrected chi connectivity index (χ4v) is 7.35. The minimum Gasteiger partial charge on any atom is -0.461 e. The Morgan fingerprint density at radius 2 is 0.875 bits per heavy atom. The predicted molar refractivity (Wildman–Crippen MR) is 277 cm³/mol. The van der Waals surface area contributed by atoms with E-state index in [1.165, 1.54) is 103 Å². The summed E-state index contributed by atoms with van der Waals surface area (Å²) in [6.07, 6.45) is 68.8. The Labute approximate surface area is 394 Å². The van der Waals surface area contributed by atoms with Crippen molar-refractivity contribution < 1.29 is 24.5 Å². The number of ether oxygens (including phenoxy) is 1. The molecule has 0 fully saturated rings. The van der Waals surface area contributed by atoms with Crippen molar-refractivity contribution in [3.05, 3.63) is 109 Å². The van der Waals surface area contributed by atoms with Crippen molar-refractivity contribution in [1.82, 2.24) is 5.32 Å². The lowest BCUT2D eigenvalue weighted by Crippen LogP contribution is -2.46. The number of hydrogen-bond donors (Lipinski definition) is 3. The zero-order valence-electron chi connectivity index (χ0n) is 41.4. The Morgan fingerprint density at radius 1 is 0.484 bits per heavy atom. The summed E-state index contributed by atoms with van der Waals surface area (Å²) >= 11 is 0. The SMILES string of the molecule is CC/C=C/C=C/C=C\C=C/C=C/CC(CC(=O)NC(CO)C(O)CCCCCCCCCCCCCCCCCC)OC(=O)CCCCCCC/C=C/C=C/C=C/C=C/CCCCC. The van der Waals surface area contributed by atoms with Crippen LogP contribution in [-0.4, -0.2) is 46.9 Å². The van der Waals surface area contributed by atoms with E-state index in [9.17, 15) is 19.8 Å². The van der Waals surface area contributed by atoms with Crippen molar-refractivity contribution in [3.63, 3.8) is 0 Å². The first kappa shape index (κ1) is 60.5. The highest BCUT2D eigenvalue weighted by Crippen LogP contribution is 2.16. The van der Waals surface area contributed by atoms with Gasteiger partial charge >= 0.3 is 5.97 Å². The molecule has 0 saturated carbocycles. The number of nitrogens with one attached hydrogen (secondary N) is 1. The maximum absolute atomic E-state index is 13.2. The van der Waals surface area contributed by atoms with Crippen molar-refractivity contribution in [1.29, 1.82) is 0 Å². The van der Waals surface area contributed by atoms with Gasteiger partial charge in [0.2, 0.25) is 5.91 Å². The summed E-state index contributed by atoms with van der Waals surface area (Å²) in [5.41, 5.74) is 0. The Morgan fingerprint density at radius 3 is 1.36 bits per heavy atom. The van der Waals surface area contributed by atoms with Gasteiger partial charge in [-0.3, -0.25) is 9.59 Å². The molecule has 6 heteroatoms. The molecule has 0 aromatic heterocycles. The van der Waals surface area contributed by atoms with Gasteiger partial charge in [0.15, 0.2) is 0 Å². The number of esters is 1. The van der Waals surface area contributed by atoms with Crippen LogP contribution in [0.5, 0.6) is 0 Å². The number of rotatable bonds is 45. The summed E-state index contributed by atoms with van der Waals surface area (Å²) in [4.78, 5) is 26.1. The Balaban J connectivity index is 4.66. The van der Waals surface area contributed by atoms with E-state index in [0.717, 1.165) is 70.6 Å². The van der Waals surface area contributed by atoms with E-state index in [0.29, 0.717) is 19.3 Å². The number of carbonyl (C=O) groups is 2. The largest absolute Gasteiger partial charge is 0.461 e. The van der Waals surface area contributed by atoms with E-state index in [2.05, 4.69) is 80.8 Å². The minimum atomic E-state index is -0.829. The number of carbonyl (C=O) groups excluding carboxylic acids is 2. The minimum absolute atomic E-state index is 0.0345. The molecule has 0 heterocycles. The molecule has 0 radical (unpaired) electrons. The third-order valence-corrected chi connectivity index (χ3v) is 11.3. The Kier molecular flexibility index (Phi) is 47.8. The summed E-state index contributed by atoms with van der Waals surface area (Å²) in [5.74, 6) is -0.642. The van der Waals surface area contributed by atoms with E-state index in [4.69, 9.17) is 4.74 Å². The molecule has 0 aliphatic rings. The lowest BCUT2D eigenvalue weighted by atomic mass is 10.0. The van der Waals surface area contributed by atoms with Crippen molar-refractivity contribution in [3.8, 4) is 0 Å². The first-order valence-corrected chi connectivity index (χ1v) is 26.2. The van der Waals surface area contributed by atoms with E-state index >= 15 is 0 Å². The quantitative estimate of drug-likeness (QED) is 0.0322. The number of hydrogen-bond acceptors (Lipinski definition) is 5. The molecular formula is C58H97NO5. The molecule has 3 N–H and O–H groups in total. The molecule has 0 aliphatic carbocycles. The smallest absolute Gasteiger partial charge is 0.306 e. The Bertz CT molecular complexity index is 1320. The molecule has 3 atom stereocenters. The number of allylic oxidation sites excluding steroid dienone is 17. The molecular weight excluding hydrogens is 791 g/mol. The second kappa shape index (κ2) is 50.5. The van der Waals surface area contributed by atoms with Gasteiger partial charge in [-0.2, -0.15) is 0 Å². The van der Waals surface area contributed by atoms with Crippen LogP contribution < -0.4 is 5.32 Å². The molecule has 0 aliphatic heterocycles. The lowest BCUT2D eigenvalue weighted by molar-refractivity contribution is -0.150. The average molecular weight is 888 g/mol. The standard InChI is InChI=1S/C58H97NO5/c1-4-7-10-13-16-19-22-24-26-28-29-31-33-36-39-42-45-48-51-58(63)64-54(49-46-43-40-37-34-21-18-15-12-9-6-3)52-57(62)59-55(53-60)56(61)50-47-44-41-38-35-32-30-27-25-23-20-17-14-11-8-5-2/h9,12,15-16,18-19,21-22,24,26,28-29,31,34,37,40,43,46,54-56,60-61H,4-8,10-11,13-14,17,20,23,25,27,30,32-33,35-36,38-39,41-42,44-45,47-53H2,1-3H3,(H,59,62)/b12-9+,18-15+,19-16+,24-22+,28-26+,31-29+,34-21-,40-37-,46-43+. The van der Waals surface area contributed by atoms with Gasteiger partial charge in [-0.05, 0) is 44.9 Å². The number of amides is 1. The van der Waals surface area contributed by atoms with Crippen LogP contribution in [0, 0.1) is 0 Å². The molecule has 64 heavy (non-hydrogen) atoms. The van der Waals surface area contributed by atoms with Gasteiger partial charge in [0.25, 0.3) is 0 Å². The predicted octanol–water partition coefficient (Wildman–Crippen LogP) is 15.9. The van der Waals surface area contributed by atoms with Crippen molar-refractivity contribution >= 4 is 11.9 Å². The highest BCUT2D eigenvalue weighted by molar-refractivity contribution is 5.77. The van der Waals surface area contributed by atoms with Crippen LogP contribution in [-0.2, 0) is 14.3 Å². The first-order chi connectivity index (χ1) is 31.5. The molecule has 0 saturated heterocycles. The molecule has 6 nitrogen and oxygen atoms in total. The Hall–Kier alpha value is -3.48. The summed E-state index contributed by atoms with van der Waals surface area (Å²) in [6.45, 7) is 6.25. The summed E-state index contributed by atoms with van der Waals surface area (Å²) in [5, 5.41) is 23.7.